The number of hydrogen-bond donors (Lipinski definition) is 1. The van der Waals surface area contributed by atoms with Crippen molar-refractivity contribution in [3.63, 3.8) is 0 Å². The van der Waals surface area contributed by atoms with Crippen molar-refractivity contribution in [2.24, 2.45) is 5.41 Å². The van der Waals surface area contributed by atoms with Crippen LogP contribution in [0.1, 0.15) is 58.7 Å². The number of nitriles is 1. The summed E-state index contributed by atoms with van der Waals surface area (Å²) in [5, 5.41) is 18.6. The minimum Gasteiger partial charge on any atom is -0.478 e. The summed E-state index contributed by atoms with van der Waals surface area (Å²) in [6.07, 6.45) is 1.68. The first kappa shape index (κ1) is 30.9. The maximum absolute atomic E-state index is 15.8. The Labute approximate surface area is 272 Å². The Morgan fingerprint density at radius 2 is 1.79 bits per heavy atom. The molecule has 1 saturated carbocycles. The van der Waals surface area contributed by atoms with E-state index in [2.05, 4.69) is 4.98 Å². The van der Waals surface area contributed by atoms with Crippen LogP contribution in [0.4, 0.5) is 13.2 Å². The molecule has 1 aliphatic carbocycles. The first-order chi connectivity index (χ1) is 23.0. The second-order valence-corrected chi connectivity index (χ2v) is 12.4. The fraction of sp³-hybridized carbons (Fsp3) is 0.250. The van der Waals surface area contributed by atoms with Gasteiger partial charge in [0, 0.05) is 49.0 Å². The molecule has 2 aromatic heterocycles. The Morgan fingerprint density at radius 3 is 2.50 bits per heavy atom. The van der Waals surface area contributed by atoms with Gasteiger partial charge in [0.15, 0.2) is 0 Å². The van der Waals surface area contributed by atoms with Crippen molar-refractivity contribution in [2.45, 2.75) is 38.8 Å². The second kappa shape index (κ2) is 11.8. The highest BCUT2D eigenvalue weighted by atomic mass is 19.1. The van der Waals surface area contributed by atoms with Crippen molar-refractivity contribution in [3.05, 3.63) is 112 Å². The van der Waals surface area contributed by atoms with Gasteiger partial charge >= 0.3 is 5.97 Å². The summed E-state index contributed by atoms with van der Waals surface area (Å²) in [6.45, 7) is 2.30. The highest BCUT2D eigenvalue weighted by Gasteiger charge is 2.57. The van der Waals surface area contributed by atoms with E-state index in [1.807, 2.05) is 10.6 Å². The van der Waals surface area contributed by atoms with Gasteiger partial charge in [0.2, 0.25) is 11.8 Å². The van der Waals surface area contributed by atoms with E-state index < -0.39 is 23.4 Å². The highest BCUT2D eigenvalue weighted by Crippen LogP contribution is 2.59. The van der Waals surface area contributed by atoms with Crippen LogP contribution in [0.5, 0.6) is 5.88 Å². The van der Waals surface area contributed by atoms with Gasteiger partial charge in [-0.1, -0.05) is 12.1 Å². The number of carboxylic acids is 1. The van der Waals surface area contributed by atoms with Crippen molar-refractivity contribution in [2.75, 3.05) is 13.1 Å². The SMILES string of the molecule is CC(=O)N1C[C@@H](n2c(Cc3cc(F)c(-c4cccc(OCc5ccc(C#N)cc5F)n4)cc3F)nc3ccc(C(=O)O)cc32)C2(CC2)C1. The first-order valence-electron chi connectivity index (χ1n) is 15.3. The largest absolute Gasteiger partial charge is 0.478 e. The quantitative estimate of drug-likeness (QED) is 0.205. The third-order valence-corrected chi connectivity index (χ3v) is 9.31. The molecule has 0 bridgehead atoms. The topological polar surface area (TPSA) is 121 Å². The molecule has 9 nitrogen and oxygen atoms in total. The monoisotopic (exact) mass is 651 g/mol. The van der Waals surface area contributed by atoms with Crippen LogP contribution in [0.25, 0.3) is 22.3 Å². The van der Waals surface area contributed by atoms with E-state index in [4.69, 9.17) is 15.0 Å². The summed E-state index contributed by atoms with van der Waals surface area (Å²) in [5.41, 5.74) is 1.39. The highest BCUT2D eigenvalue weighted by molar-refractivity contribution is 5.92. The van der Waals surface area contributed by atoms with Gasteiger partial charge in [0.1, 0.15) is 29.9 Å². The zero-order valence-electron chi connectivity index (χ0n) is 25.7. The number of halogens is 3. The molecule has 48 heavy (non-hydrogen) atoms. The van der Waals surface area contributed by atoms with Crippen molar-refractivity contribution < 1.29 is 32.6 Å². The maximum Gasteiger partial charge on any atom is 0.335 e. The average Bonchev–Trinajstić information content (AvgIpc) is 3.62. The number of carbonyl (C=O) groups excluding carboxylic acids is 1. The molecule has 7 rings (SSSR count). The van der Waals surface area contributed by atoms with Crippen LogP contribution in [0.3, 0.4) is 0 Å². The van der Waals surface area contributed by atoms with Crippen molar-refractivity contribution in [1.82, 2.24) is 19.4 Å². The normalized spacial score (nSPS) is 16.3. The lowest BCUT2D eigenvalue weighted by Gasteiger charge is -2.22. The molecule has 1 aliphatic heterocycles. The summed E-state index contributed by atoms with van der Waals surface area (Å²) < 4.78 is 53.3. The number of likely N-dealkylation sites (tertiary alicyclic amines) is 1. The molecule has 5 aromatic rings. The van der Waals surface area contributed by atoms with Crippen molar-refractivity contribution >= 4 is 22.9 Å². The molecule has 12 heteroatoms. The van der Waals surface area contributed by atoms with Crippen molar-refractivity contribution in [3.8, 4) is 23.2 Å². The average molecular weight is 652 g/mol. The fourth-order valence-corrected chi connectivity index (χ4v) is 6.57. The van der Waals surface area contributed by atoms with Gasteiger partial charge in [0.25, 0.3) is 0 Å². The molecular weight excluding hydrogens is 623 g/mol. The summed E-state index contributed by atoms with van der Waals surface area (Å²) in [5.74, 6) is -2.69. The fourth-order valence-electron chi connectivity index (χ4n) is 6.57. The molecule has 1 atom stereocenters. The summed E-state index contributed by atoms with van der Waals surface area (Å²) >= 11 is 0. The molecule has 0 radical (unpaired) electrons. The van der Waals surface area contributed by atoms with E-state index in [1.165, 1.54) is 43.3 Å². The number of hydrogen-bond acceptors (Lipinski definition) is 6. The molecule has 242 valence electrons. The molecule has 1 spiro atoms. The predicted molar refractivity (Wildman–Crippen MR) is 167 cm³/mol. The van der Waals surface area contributed by atoms with Gasteiger partial charge in [-0.25, -0.2) is 27.9 Å². The number of fused-ring (bicyclic) bond motifs is 1. The Bertz CT molecular complexity index is 2170. The van der Waals surface area contributed by atoms with Crippen LogP contribution in [-0.2, 0) is 17.8 Å². The number of rotatable bonds is 8. The molecule has 0 unspecified atom stereocenters. The molecular formula is C36H28F3N5O4. The van der Waals surface area contributed by atoms with Crippen LogP contribution in [0, 0.1) is 34.2 Å². The number of aromatic carboxylic acids is 1. The van der Waals surface area contributed by atoms with Gasteiger partial charge in [-0.2, -0.15) is 5.26 Å². The zero-order chi connectivity index (χ0) is 33.7. The van der Waals surface area contributed by atoms with E-state index in [9.17, 15) is 19.1 Å². The lowest BCUT2D eigenvalue weighted by atomic mass is 9.99. The van der Waals surface area contributed by atoms with Gasteiger partial charge in [-0.05, 0) is 66.9 Å². The van der Waals surface area contributed by atoms with Crippen LogP contribution in [0.2, 0.25) is 0 Å². The minimum absolute atomic E-state index is 0.0428. The third-order valence-electron chi connectivity index (χ3n) is 9.31. The predicted octanol–water partition coefficient (Wildman–Crippen LogP) is 6.44. The van der Waals surface area contributed by atoms with E-state index in [1.54, 1.807) is 17.0 Å². The Balaban J connectivity index is 1.20. The van der Waals surface area contributed by atoms with Gasteiger partial charge in [-0.3, -0.25) is 4.79 Å². The Hall–Kier alpha value is -5.70. The number of aromatic nitrogens is 3. The summed E-state index contributed by atoms with van der Waals surface area (Å²) in [6, 6.07) is 17.0. The zero-order valence-corrected chi connectivity index (χ0v) is 25.7. The van der Waals surface area contributed by atoms with E-state index in [-0.39, 0.29) is 69.8 Å². The van der Waals surface area contributed by atoms with Gasteiger partial charge < -0.3 is 19.3 Å². The van der Waals surface area contributed by atoms with Gasteiger partial charge in [-0.15, -0.1) is 0 Å². The van der Waals surface area contributed by atoms with Crippen LogP contribution >= 0.6 is 0 Å². The number of imidazole rings is 1. The molecule has 2 aliphatic rings. The minimum atomic E-state index is -1.10. The molecule has 1 saturated heterocycles. The van der Waals surface area contributed by atoms with Crippen LogP contribution in [0.15, 0.2) is 66.7 Å². The van der Waals surface area contributed by atoms with E-state index in [0.717, 1.165) is 31.0 Å². The Kier molecular flexibility index (Phi) is 7.62. The lowest BCUT2D eigenvalue weighted by molar-refractivity contribution is -0.128. The van der Waals surface area contributed by atoms with E-state index in [0.29, 0.717) is 29.9 Å². The third kappa shape index (κ3) is 5.61. The van der Waals surface area contributed by atoms with Crippen LogP contribution < -0.4 is 4.74 Å². The van der Waals surface area contributed by atoms with Crippen LogP contribution in [-0.4, -0.2) is 49.5 Å². The second-order valence-electron chi connectivity index (χ2n) is 12.4. The first-order valence-corrected chi connectivity index (χ1v) is 15.3. The summed E-state index contributed by atoms with van der Waals surface area (Å²) in [4.78, 5) is 35.0. The lowest BCUT2D eigenvalue weighted by Crippen LogP contribution is -2.26. The number of nitrogens with zero attached hydrogens (tertiary/aromatic N) is 5. The molecule has 1 amide bonds. The number of benzene rings is 3. The van der Waals surface area contributed by atoms with Crippen molar-refractivity contribution in [1.29, 1.82) is 5.26 Å². The standard InChI is InChI=1S/C36H28F3N5O4/c1-20(45)43-17-32(36(19-43)9-10-36)44-31-13-22(35(46)47)7-8-30(31)41-33(44)14-24-12-28(39)25(15-27(24)38)29-3-2-4-34(42-29)48-18-23-6-5-21(16-40)11-26(23)37/h2-8,11-13,15,32H,9-10,14,17-19H2,1H3,(H,46,47)/t32-/m1/s1. The number of pyridine rings is 1. The molecule has 2 fully saturated rings. The van der Waals surface area contributed by atoms with Gasteiger partial charge in [0.05, 0.1) is 40.0 Å². The van der Waals surface area contributed by atoms with E-state index >= 15 is 8.78 Å². The summed E-state index contributed by atoms with van der Waals surface area (Å²) in [7, 11) is 0. The number of carboxylic acid groups (broad SMARTS) is 1. The molecule has 1 N–H and O–H groups in total. The Morgan fingerprint density at radius 1 is 1.00 bits per heavy atom. The number of carbonyl (C=O) groups is 2. The molecule has 3 aromatic carbocycles. The molecule has 3 heterocycles. The number of ether oxygens (including phenoxy) is 1. The number of amides is 1. The smallest absolute Gasteiger partial charge is 0.335 e. The maximum atomic E-state index is 15.8.